The molecule has 8 heteroatoms. The maximum Gasteiger partial charge on any atom is 0.222 e. The normalized spacial score (nSPS) is 20.4. The fraction of sp³-hybridized carbons (Fsp3) is 0.381. The van der Waals surface area contributed by atoms with E-state index in [0.29, 0.717) is 25.6 Å². The smallest absolute Gasteiger partial charge is 0.222 e. The SMILES string of the molecule is COc1cc(-c2cn(C)c3cnc(NC(C)=O)cc23)nc2c1COC21CCOC1. The van der Waals surface area contributed by atoms with E-state index in [1.807, 2.05) is 29.9 Å². The van der Waals surface area contributed by atoms with Crippen molar-refractivity contribution in [3.05, 3.63) is 35.8 Å². The molecule has 2 aliphatic rings. The number of fused-ring (bicyclic) bond motifs is 3. The highest BCUT2D eigenvalue weighted by molar-refractivity contribution is 5.98. The van der Waals surface area contributed by atoms with Crippen LogP contribution in [0.1, 0.15) is 24.6 Å². The van der Waals surface area contributed by atoms with Gasteiger partial charge < -0.3 is 24.1 Å². The van der Waals surface area contributed by atoms with Gasteiger partial charge in [0.05, 0.1) is 43.4 Å². The Morgan fingerprint density at radius 1 is 1.38 bits per heavy atom. The minimum Gasteiger partial charge on any atom is -0.496 e. The number of aryl methyl sites for hydroxylation is 1. The summed E-state index contributed by atoms with van der Waals surface area (Å²) in [6, 6.07) is 3.82. The highest BCUT2D eigenvalue weighted by Crippen LogP contribution is 2.46. The van der Waals surface area contributed by atoms with E-state index in [2.05, 4.69) is 10.3 Å². The number of nitrogens with one attached hydrogen (secondary N) is 1. The Balaban J connectivity index is 1.70. The third-order valence-corrected chi connectivity index (χ3v) is 5.67. The Bertz CT molecular complexity index is 1130. The number of carbonyl (C=O) groups excluding carboxylic acids is 1. The third kappa shape index (κ3) is 2.79. The largest absolute Gasteiger partial charge is 0.496 e. The van der Waals surface area contributed by atoms with Crippen molar-refractivity contribution in [3.63, 3.8) is 0 Å². The van der Waals surface area contributed by atoms with Crippen LogP contribution in [0.5, 0.6) is 5.75 Å². The quantitative estimate of drug-likeness (QED) is 0.735. The van der Waals surface area contributed by atoms with Crippen LogP contribution >= 0.6 is 0 Å². The van der Waals surface area contributed by atoms with Crippen molar-refractivity contribution in [2.45, 2.75) is 25.6 Å². The first kappa shape index (κ1) is 18.1. The zero-order valence-corrected chi connectivity index (χ0v) is 16.6. The van der Waals surface area contributed by atoms with Gasteiger partial charge in [-0.25, -0.2) is 9.97 Å². The monoisotopic (exact) mass is 394 g/mol. The van der Waals surface area contributed by atoms with Crippen molar-refractivity contribution in [1.82, 2.24) is 14.5 Å². The van der Waals surface area contributed by atoms with Gasteiger partial charge in [0.1, 0.15) is 17.2 Å². The van der Waals surface area contributed by atoms with E-state index in [0.717, 1.165) is 45.6 Å². The highest BCUT2D eigenvalue weighted by Gasteiger charge is 2.46. The number of rotatable bonds is 3. The molecule has 2 aliphatic heterocycles. The van der Waals surface area contributed by atoms with Crippen LogP contribution in [0, 0.1) is 0 Å². The fourth-order valence-electron chi connectivity index (χ4n) is 4.24. The van der Waals surface area contributed by atoms with Gasteiger partial charge in [-0.05, 0) is 6.07 Å². The van der Waals surface area contributed by atoms with Crippen molar-refractivity contribution < 1.29 is 19.0 Å². The number of methoxy groups -OCH3 is 1. The lowest BCUT2D eigenvalue weighted by Gasteiger charge is -2.21. The van der Waals surface area contributed by atoms with Gasteiger partial charge in [0.25, 0.3) is 0 Å². The number of hydrogen-bond acceptors (Lipinski definition) is 6. The molecule has 8 nitrogen and oxygen atoms in total. The van der Waals surface area contributed by atoms with E-state index in [-0.39, 0.29) is 5.91 Å². The number of ether oxygens (including phenoxy) is 3. The zero-order valence-electron chi connectivity index (χ0n) is 16.6. The molecule has 1 fully saturated rings. The molecule has 1 amide bonds. The van der Waals surface area contributed by atoms with Gasteiger partial charge in [-0.2, -0.15) is 0 Å². The Kier molecular flexibility index (Phi) is 4.07. The Hall–Kier alpha value is -2.97. The maximum atomic E-state index is 11.5. The molecule has 150 valence electrons. The summed E-state index contributed by atoms with van der Waals surface area (Å²) in [5.41, 5.74) is 4.08. The molecule has 0 radical (unpaired) electrons. The standard InChI is InChI=1S/C21H22N4O4/c1-12(26)23-19-6-13-14(9-25(2)17(13)8-22-19)16-7-18(27-3)15-10-29-21(20(15)24-16)4-5-28-11-21/h6-9H,4-5,10-11H2,1-3H3,(H,22,23,26). The molecule has 3 aromatic rings. The summed E-state index contributed by atoms with van der Waals surface area (Å²) in [7, 11) is 3.63. The summed E-state index contributed by atoms with van der Waals surface area (Å²) in [5.74, 6) is 1.11. The van der Waals surface area contributed by atoms with Crippen LogP contribution in [0.3, 0.4) is 0 Å². The topological polar surface area (TPSA) is 87.5 Å². The molecule has 0 bridgehead atoms. The number of pyridine rings is 2. The van der Waals surface area contributed by atoms with Gasteiger partial charge in [-0.1, -0.05) is 0 Å². The first-order chi connectivity index (χ1) is 14.0. The second-order valence-electron chi connectivity index (χ2n) is 7.54. The molecule has 1 unspecified atom stereocenters. The van der Waals surface area contributed by atoms with Crippen LogP contribution in [-0.2, 0) is 33.5 Å². The molecule has 1 spiro atoms. The van der Waals surface area contributed by atoms with Crippen molar-refractivity contribution >= 4 is 22.6 Å². The molecule has 3 aromatic heterocycles. The predicted octanol–water partition coefficient (Wildman–Crippen LogP) is 2.75. The second kappa shape index (κ2) is 6.53. The van der Waals surface area contributed by atoms with Crippen molar-refractivity contribution in [2.24, 2.45) is 7.05 Å². The molecule has 0 aliphatic carbocycles. The van der Waals surface area contributed by atoms with Crippen LogP contribution in [0.4, 0.5) is 5.82 Å². The van der Waals surface area contributed by atoms with Gasteiger partial charge in [-0.15, -0.1) is 0 Å². The van der Waals surface area contributed by atoms with Gasteiger partial charge in [0.15, 0.2) is 0 Å². The first-order valence-electron chi connectivity index (χ1n) is 9.54. The molecule has 5 heterocycles. The van der Waals surface area contributed by atoms with Crippen LogP contribution in [0.25, 0.3) is 22.2 Å². The van der Waals surface area contributed by atoms with Crippen molar-refractivity contribution in [2.75, 3.05) is 25.6 Å². The van der Waals surface area contributed by atoms with Crippen LogP contribution in [-0.4, -0.2) is 40.8 Å². The summed E-state index contributed by atoms with van der Waals surface area (Å²) in [6.07, 6.45) is 4.56. The lowest BCUT2D eigenvalue weighted by molar-refractivity contribution is -0.114. The summed E-state index contributed by atoms with van der Waals surface area (Å²) >= 11 is 0. The van der Waals surface area contributed by atoms with Crippen molar-refractivity contribution in [1.29, 1.82) is 0 Å². The second-order valence-corrected chi connectivity index (χ2v) is 7.54. The number of hydrogen-bond donors (Lipinski definition) is 1. The fourth-order valence-corrected chi connectivity index (χ4v) is 4.24. The number of amides is 1. The third-order valence-electron chi connectivity index (χ3n) is 5.67. The molecule has 1 N–H and O–H groups in total. The van der Waals surface area contributed by atoms with E-state index in [9.17, 15) is 4.79 Å². The molecular formula is C21H22N4O4. The van der Waals surface area contributed by atoms with E-state index < -0.39 is 5.60 Å². The van der Waals surface area contributed by atoms with E-state index in [1.54, 1.807) is 13.3 Å². The Labute approximate surface area is 167 Å². The Morgan fingerprint density at radius 2 is 2.24 bits per heavy atom. The average molecular weight is 394 g/mol. The highest BCUT2D eigenvalue weighted by atomic mass is 16.6. The van der Waals surface area contributed by atoms with Crippen LogP contribution < -0.4 is 10.1 Å². The van der Waals surface area contributed by atoms with E-state index in [4.69, 9.17) is 19.2 Å². The average Bonchev–Trinajstić information content (AvgIpc) is 3.40. The van der Waals surface area contributed by atoms with Gasteiger partial charge in [0.2, 0.25) is 5.91 Å². The number of aromatic nitrogens is 3. The number of nitrogens with zero attached hydrogens (tertiary/aromatic N) is 3. The molecule has 1 atom stereocenters. The van der Waals surface area contributed by atoms with Gasteiger partial charge in [0, 0.05) is 55.8 Å². The molecule has 29 heavy (non-hydrogen) atoms. The van der Waals surface area contributed by atoms with Gasteiger partial charge >= 0.3 is 0 Å². The van der Waals surface area contributed by atoms with E-state index in [1.165, 1.54) is 6.92 Å². The van der Waals surface area contributed by atoms with Gasteiger partial charge in [-0.3, -0.25) is 4.79 Å². The van der Waals surface area contributed by atoms with E-state index >= 15 is 0 Å². The zero-order chi connectivity index (χ0) is 20.2. The Morgan fingerprint density at radius 3 is 2.97 bits per heavy atom. The lowest BCUT2D eigenvalue weighted by Crippen LogP contribution is -2.26. The summed E-state index contributed by atoms with van der Waals surface area (Å²) in [4.78, 5) is 20.8. The van der Waals surface area contributed by atoms with Crippen LogP contribution in [0.15, 0.2) is 24.5 Å². The summed E-state index contributed by atoms with van der Waals surface area (Å²) < 4.78 is 19.4. The molecular weight excluding hydrogens is 372 g/mol. The minimum atomic E-state index is -0.494. The molecule has 5 rings (SSSR count). The molecule has 1 saturated heterocycles. The summed E-state index contributed by atoms with van der Waals surface area (Å²) in [5, 5.41) is 3.70. The maximum absolute atomic E-state index is 11.5. The van der Waals surface area contributed by atoms with Crippen LogP contribution in [0.2, 0.25) is 0 Å². The first-order valence-corrected chi connectivity index (χ1v) is 9.54. The summed E-state index contributed by atoms with van der Waals surface area (Å²) in [6.45, 7) is 3.11. The number of anilines is 1. The van der Waals surface area contributed by atoms with Crippen molar-refractivity contribution in [3.8, 4) is 17.0 Å². The predicted molar refractivity (Wildman–Crippen MR) is 107 cm³/mol. The lowest BCUT2D eigenvalue weighted by atomic mass is 9.95. The number of carbonyl (C=O) groups is 1. The molecule has 0 aromatic carbocycles. The minimum absolute atomic E-state index is 0.160. The molecule has 0 saturated carbocycles.